The molecular weight excluding hydrogens is 244 g/mol. The van der Waals surface area contributed by atoms with Gasteiger partial charge in [-0.15, -0.1) is 0 Å². The zero-order valence-corrected chi connectivity index (χ0v) is 10.0. The number of ether oxygens (including phenoxy) is 2. The third-order valence-electron chi connectivity index (χ3n) is 1.98. The first-order chi connectivity index (χ1) is 8.04. The van der Waals surface area contributed by atoms with Crippen LogP contribution in [0, 0.1) is 0 Å². The van der Waals surface area contributed by atoms with Crippen LogP contribution in [0.1, 0.15) is 0 Å². The van der Waals surface area contributed by atoms with Crippen LogP contribution in [0.3, 0.4) is 0 Å². The first kappa shape index (κ1) is 13.4. The Labute approximate surface area is 104 Å². The lowest BCUT2D eigenvalue weighted by Gasteiger charge is -2.08. The molecular formula is C11H12O5S. The van der Waals surface area contributed by atoms with E-state index in [1.54, 1.807) is 24.3 Å². The summed E-state index contributed by atoms with van der Waals surface area (Å²) in [6.45, 7) is -0.327. The maximum atomic E-state index is 11.3. The molecule has 1 N–H and O–H groups in total. The molecule has 5 nitrogen and oxygen atoms in total. The van der Waals surface area contributed by atoms with Gasteiger partial charge in [0, 0.05) is 0 Å². The maximum Gasteiger partial charge on any atom is 0.324 e. The van der Waals surface area contributed by atoms with Crippen LogP contribution in [0.4, 0.5) is 0 Å². The highest BCUT2D eigenvalue weighted by Crippen LogP contribution is 2.17. The largest absolute Gasteiger partial charge is 0.497 e. The molecule has 0 aliphatic carbocycles. The quantitative estimate of drug-likeness (QED) is 0.587. The standard InChI is InChI=1S/C11H12O5S/c1-15-7-2-4-8(5-3-7)16-6-9(12)10(17)11(13)14/h2-5,10,17H,6H2,1H3,(H,13,14). The van der Waals surface area contributed by atoms with Crippen LogP contribution in [0.5, 0.6) is 11.5 Å². The fraction of sp³-hybridized carbons (Fsp3) is 0.273. The lowest BCUT2D eigenvalue weighted by Crippen LogP contribution is -2.29. The Morgan fingerprint density at radius 1 is 1.29 bits per heavy atom. The van der Waals surface area contributed by atoms with Gasteiger partial charge in [-0.3, -0.25) is 9.59 Å². The first-order valence-corrected chi connectivity index (χ1v) is 5.26. The van der Waals surface area contributed by atoms with E-state index in [9.17, 15) is 9.59 Å². The van der Waals surface area contributed by atoms with Crippen LogP contribution in [-0.2, 0) is 9.59 Å². The van der Waals surface area contributed by atoms with E-state index in [0.717, 1.165) is 0 Å². The van der Waals surface area contributed by atoms with E-state index in [2.05, 4.69) is 12.6 Å². The van der Waals surface area contributed by atoms with Crippen molar-refractivity contribution in [2.75, 3.05) is 13.7 Å². The van der Waals surface area contributed by atoms with Crippen LogP contribution in [-0.4, -0.2) is 35.8 Å². The molecule has 92 valence electrons. The molecule has 1 atom stereocenters. The minimum atomic E-state index is -1.35. The summed E-state index contributed by atoms with van der Waals surface area (Å²) in [6, 6.07) is 6.60. The molecule has 0 fully saturated rings. The van der Waals surface area contributed by atoms with Crippen LogP contribution in [0.25, 0.3) is 0 Å². The fourth-order valence-corrected chi connectivity index (χ4v) is 1.12. The second-order valence-electron chi connectivity index (χ2n) is 3.17. The predicted molar refractivity (Wildman–Crippen MR) is 63.9 cm³/mol. The van der Waals surface area contributed by atoms with E-state index in [0.29, 0.717) is 11.5 Å². The zero-order chi connectivity index (χ0) is 12.8. The van der Waals surface area contributed by atoms with Gasteiger partial charge in [-0.05, 0) is 24.3 Å². The van der Waals surface area contributed by atoms with E-state index in [1.807, 2.05) is 0 Å². The van der Waals surface area contributed by atoms with Crippen molar-refractivity contribution in [1.29, 1.82) is 0 Å². The summed E-state index contributed by atoms with van der Waals surface area (Å²) in [5.74, 6) is -0.750. The Morgan fingerprint density at radius 3 is 2.29 bits per heavy atom. The Balaban J connectivity index is 2.50. The number of rotatable bonds is 6. The molecule has 0 saturated carbocycles. The second-order valence-corrected chi connectivity index (χ2v) is 3.69. The van der Waals surface area contributed by atoms with Gasteiger partial charge in [0.05, 0.1) is 7.11 Å². The Hall–Kier alpha value is -1.69. The smallest absolute Gasteiger partial charge is 0.324 e. The molecule has 17 heavy (non-hydrogen) atoms. The molecule has 1 aromatic carbocycles. The van der Waals surface area contributed by atoms with Gasteiger partial charge >= 0.3 is 5.97 Å². The van der Waals surface area contributed by atoms with Crippen LogP contribution in [0.2, 0.25) is 0 Å². The Bertz CT molecular complexity index is 401. The first-order valence-electron chi connectivity index (χ1n) is 4.75. The number of carbonyl (C=O) groups excluding carboxylic acids is 1. The summed E-state index contributed by atoms with van der Waals surface area (Å²) in [5.41, 5.74) is 0. The number of thiol groups is 1. The van der Waals surface area contributed by atoms with Gasteiger partial charge in [-0.2, -0.15) is 12.6 Å². The van der Waals surface area contributed by atoms with E-state index >= 15 is 0 Å². The van der Waals surface area contributed by atoms with Crippen molar-refractivity contribution < 1.29 is 24.2 Å². The van der Waals surface area contributed by atoms with Crippen molar-refractivity contribution in [3.05, 3.63) is 24.3 Å². The molecule has 0 spiro atoms. The van der Waals surface area contributed by atoms with E-state index in [1.165, 1.54) is 7.11 Å². The summed E-state index contributed by atoms with van der Waals surface area (Å²) in [5, 5.41) is 7.20. The van der Waals surface area contributed by atoms with Gasteiger partial charge in [0.25, 0.3) is 0 Å². The highest BCUT2D eigenvalue weighted by Gasteiger charge is 2.21. The zero-order valence-electron chi connectivity index (χ0n) is 9.12. The van der Waals surface area contributed by atoms with Gasteiger partial charge in [0.15, 0.2) is 11.0 Å². The number of Topliss-reactive ketones (excluding diaryl/α,β-unsaturated/α-hetero) is 1. The predicted octanol–water partition coefficient (Wildman–Crippen LogP) is 1.03. The van der Waals surface area contributed by atoms with E-state index in [4.69, 9.17) is 14.6 Å². The normalized spacial score (nSPS) is 11.6. The molecule has 0 amide bonds. The number of carboxylic acid groups (broad SMARTS) is 1. The molecule has 1 rings (SSSR count). The summed E-state index contributed by atoms with van der Waals surface area (Å²) in [4.78, 5) is 21.7. The van der Waals surface area contributed by atoms with Crippen molar-refractivity contribution in [3.8, 4) is 11.5 Å². The number of hydrogen-bond acceptors (Lipinski definition) is 5. The molecule has 1 unspecified atom stereocenters. The van der Waals surface area contributed by atoms with Gasteiger partial charge < -0.3 is 14.6 Å². The molecule has 0 saturated heterocycles. The number of hydrogen-bond donors (Lipinski definition) is 2. The number of aliphatic carboxylic acids is 1. The average Bonchev–Trinajstić information content (AvgIpc) is 2.35. The van der Waals surface area contributed by atoms with E-state index < -0.39 is 17.0 Å². The van der Waals surface area contributed by atoms with Crippen molar-refractivity contribution in [2.24, 2.45) is 0 Å². The molecule has 0 bridgehead atoms. The summed E-state index contributed by atoms with van der Waals surface area (Å²) in [7, 11) is 1.54. The Morgan fingerprint density at radius 2 is 1.82 bits per heavy atom. The van der Waals surface area contributed by atoms with Crippen molar-refractivity contribution >= 4 is 24.4 Å². The SMILES string of the molecule is COc1ccc(OCC(=O)C(S)C(=O)O)cc1. The number of benzene rings is 1. The summed E-state index contributed by atoms with van der Waals surface area (Å²) in [6.07, 6.45) is 0. The monoisotopic (exact) mass is 256 g/mol. The molecule has 1 aromatic rings. The number of ketones is 1. The molecule has 6 heteroatoms. The third kappa shape index (κ3) is 3.99. The number of carbonyl (C=O) groups is 2. The number of methoxy groups -OCH3 is 1. The maximum absolute atomic E-state index is 11.3. The van der Waals surface area contributed by atoms with Crippen molar-refractivity contribution in [2.45, 2.75) is 5.25 Å². The third-order valence-corrected chi connectivity index (χ3v) is 2.49. The Kier molecular flexibility index (Phi) is 4.84. The molecule has 0 heterocycles. The van der Waals surface area contributed by atoms with Crippen molar-refractivity contribution in [3.63, 3.8) is 0 Å². The van der Waals surface area contributed by atoms with Gasteiger partial charge in [0.1, 0.15) is 18.1 Å². The fourth-order valence-electron chi connectivity index (χ4n) is 1.04. The van der Waals surface area contributed by atoms with E-state index in [-0.39, 0.29) is 6.61 Å². The lowest BCUT2D eigenvalue weighted by atomic mass is 10.3. The van der Waals surface area contributed by atoms with Crippen molar-refractivity contribution in [1.82, 2.24) is 0 Å². The summed E-state index contributed by atoms with van der Waals surface area (Å²) >= 11 is 3.65. The van der Waals surface area contributed by atoms with Crippen LogP contribution < -0.4 is 9.47 Å². The average molecular weight is 256 g/mol. The van der Waals surface area contributed by atoms with Gasteiger partial charge in [0.2, 0.25) is 0 Å². The number of carboxylic acids is 1. The molecule has 0 radical (unpaired) electrons. The topological polar surface area (TPSA) is 72.8 Å². The second kappa shape index (κ2) is 6.15. The molecule has 0 aliphatic heterocycles. The van der Waals surface area contributed by atoms with Crippen LogP contribution >= 0.6 is 12.6 Å². The molecule has 0 aromatic heterocycles. The highest BCUT2D eigenvalue weighted by atomic mass is 32.1. The lowest BCUT2D eigenvalue weighted by molar-refractivity contribution is -0.139. The minimum Gasteiger partial charge on any atom is -0.497 e. The van der Waals surface area contributed by atoms with Gasteiger partial charge in [-0.1, -0.05) is 0 Å². The summed E-state index contributed by atoms with van der Waals surface area (Å²) < 4.78 is 10.1. The molecule has 0 aliphatic rings. The minimum absolute atomic E-state index is 0.327. The van der Waals surface area contributed by atoms with Gasteiger partial charge in [-0.25, -0.2) is 0 Å². The van der Waals surface area contributed by atoms with Crippen LogP contribution in [0.15, 0.2) is 24.3 Å². The highest BCUT2D eigenvalue weighted by molar-refractivity contribution is 7.82.